The van der Waals surface area contributed by atoms with Crippen LogP contribution in [0.15, 0.2) is 0 Å². The van der Waals surface area contributed by atoms with Gasteiger partial charge in [-0.3, -0.25) is 4.79 Å². The number of ether oxygens (including phenoxy) is 3. The maximum Gasteiger partial charge on any atom is 0.305 e. The van der Waals surface area contributed by atoms with E-state index in [1.165, 1.54) is 45.6 Å². The van der Waals surface area contributed by atoms with Gasteiger partial charge in [-0.25, -0.2) is 0 Å². The van der Waals surface area contributed by atoms with Gasteiger partial charge in [0, 0.05) is 13.5 Å². The molecule has 1 unspecified atom stereocenters. The Hall–Kier alpha value is -0.730. The molecule has 1 aliphatic heterocycles. The van der Waals surface area contributed by atoms with E-state index in [1.54, 1.807) is 0 Å². The highest BCUT2D eigenvalue weighted by atomic mass is 16.7. The summed E-state index contributed by atoms with van der Waals surface area (Å²) in [5.74, 6) is -0.349. The number of carbonyl (C=O) groups is 1. The smallest absolute Gasteiger partial charge is 0.305 e. The van der Waals surface area contributed by atoms with Crippen LogP contribution in [-0.4, -0.2) is 65.7 Å². The van der Waals surface area contributed by atoms with Crippen LogP contribution < -0.4 is 0 Å². The van der Waals surface area contributed by atoms with Crippen LogP contribution in [0.4, 0.5) is 0 Å². The van der Waals surface area contributed by atoms with Crippen molar-refractivity contribution >= 4 is 5.97 Å². The Morgan fingerprint density at radius 2 is 1.46 bits per heavy atom. The summed E-state index contributed by atoms with van der Waals surface area (Å²) >= 11 is 0. The minimum absolute atomic E-state index is 0.179. The molecule has 0 aliphatic carbocycles. The molecule has 0 aromatic carbocycles. The first-order chi connectivity index (χ1) is 12.5. The van der Waals surface area contributed by atoms with E-state index >= 15 is 0 Å². The van der Waals surface area contributed by atoms with Gasteiger partial charge < -0.3 is 29.5 Å². The van der Waals surface area contributed by atoms with E-state index in [2.05, 4.69) is 6.92 Å². The number of methoxy groups -OCH3 is 1. The van der Waals surface area contributed by atoms with E-state index in [0.717, 1.165) is 19.3 Å². The maximum atomic E-state index is 11.8. The first kappa shape index (κ1) is 23.3. The van der Waals surface area contributed by atoms with Crippen molar-refractivity contribution in [1.82, 2.24) is 0 Å². The van der Waals surface area contributed by atoms with Crippen molar-refractivity contribution in [3.63, 3.8) is 0 Å². The Morgan fingerprint density at radius 3 is 2.04 bits per heavy atom. The molecule has 7 nitrogen and oxygen atoms in total. The predicted molar refractivity (Wildman–Crippen MR) is 96.5 cm³/mol. The molecule has 1 fully saturated rings. The summed E-state index contributed by atoms with van der Waals surface area (Å²) in [5, 5.41) is 29.4. The monoisotopic (exact) mass is 376 g/mol. The summed E-state index contributed by atoms with van der Waals surface area (Å²) in [6.07, 6.45) is 4.82. The molecule has 1 aliphatic rings. The average Bonchev–Trinajstić information content (AvgIpc) is 2.64. The van der Waals surface area contributed by atoms with Crippen LogP contribution in [0, 0.1) is 0 Å². The zero-order chi connectivity index (χ0) is 19.4. The lowest BCUT2D eigenvalue weighted by Gasteiger charge is -2.39. The zero-order valence-electron chi connectivity index (χ0n) is 16.1. The Labute approximate surface area is 156 Å². The van der Waals surface area contributed by atoms with E-state index in [1.807, 2.05) is 0 Å². The second-order valence-corrected chi connectivity index (χ2v) is 7.01. The number of aliphatic hydroxyl groups excluding tert-OH is 3. The molecule has 5 atom stereocenters. The molecule has 3 N–H and O–H groups in total. The van der Waals surface area contributed by atoms with Gasteiger partial charge in [0.05, 0.1) is 0 Å². The third kappa shape index (κ3) is 8.31. The summed E-state index contributed by atoms with van der Waals surface area (Å²) < 4.78 is 15.4. The van der Waals surface area contributed by atoms with Crippen molar-refractivity contribution in [1.29, 1.82) is 0 Å². The molecule has 7 heteroatoms. The lowest BCUT2D eigenvalue weighted by molar-refractivity contribution is -0.295. The molecule has 154 valence electrons. The zero-order valence-corrected chi connectivity index (χ0v) is 16.1. The molecular formula is C19H36O7. The second kappa shape index (κ2) is 13.4. The van der Waals surface area contributed by atoms with E-state index in [-0.39, 0.29) is 12.6 Å². The van der Waals surface area contributed by atoms with E-state index in [4.69, 9.17) is 14.2 Å². The first-order valence-corrected chi connectivity index (χ1v) is 9.89. The van der Waals surface area contributed by atoms with Crippen molar-refractivity contribution in [3.05, 3.63) is 0 Å². The number of aliphatic hydroxyl groups is 3. The molecule has 26 heavy (non-hydrogen) atoms. The molecule has 1 rings (SSSR count). The fourth-order valence-electron chi connectivity index (χ4n) is 3.08. The molecule has 0 aromatic heterocycles. The van der Waals surface area contributed by atoms with Crippen LogP contribution >= 0.6 is 0 Å². The SMILES string of the molecule is CCCCCCCCCCCC(=O)OC[C@H]1OC(OC)[C@H](O)[C@@H](O)[C@@H]1O. The standard InChI is InChI=1S/C19H36O7/c1-3-4-5-6-7-8-9-10-11-12-15(20)25-13-14-16(21)17(22)18(23)19(24-2)26-14/h14,16-19,21-23H,3-13H2,1-2H3/t14-,16-,17+,18-,19?/m1/s1. The van der Waals surface area contributed by atoms with Crippen molar-refractivity contribution in [2.24, 2.45) is 0 Å². The lowest BCUT2D eigenvalue weighted by Crippen LogP contribution is -2.59. The van der Waals surface area contributed by atoms with Gasteiger partial charge in [-0.2, -0.15) is 0 Å². The van der Waals surface area contributed by atoms with Crippen molar-refractivity contribution < 1.29 is 34.3 Å². The quantitative estimate of drug-likeness (QED) is 0.333. The highest BCUT2D eigenvalue weighted by molar-refractivity contribution is 5.69. The predicted octanol–water partition coefficient (Wildman–Crippen LogP) is 1.90. The fraction of sp³-hybridized carbons (Fsp3) is 0.947. The normalized spacial score (nSPS) is 28.9. The van der Waals surface area contributed by atoms with Crippen LogP contribution in [0.3, 0.4) is 0 Å². The van der Waals surface area contributed by atoms with Crippen LogP contribution in [0.2, 0.25) is 0 Å². The van der Waals surface area contributed by atoms with Crippen LogP contribution in [0.1, 0.15) is 71.1 Å². The van der Waals surface area contributed by atoms with Crippen molar-refractivity contribution in [2.75, 3.05) is 13.7 Å². The Kier molecular flexibility index (Phi) is 12.0. The van der Waals surface area contributed by atoms with Crippen LogP contribution in [0.25, 0.3) is 0 Å². The highest BCUT2D eigenvalue weighted by Crippen LogP contribution is 2.22. The van der Waals surface area contributed by atoms with Gasteiger partial charge in [-0.15, -0.1) is 0 Å². The number of rotatable bonds is 13. The largest absolute Gasteiger partial charge is 0.463 e. The summed E-state index contributed by atoms with van der Waals surface area (Å²) in [5.41, 5.74) is 0. The summed E-state index contributed by atoms with van der Waals surface area (Å²) in [6.45, 7) is 2.03. The molecule has 0 saturated carbocycles. The minimum Gasteiger partial charge on any atom is -0.463 e. The van der Waals surface area contributed by atoms with Crippen molar-refractivity contribution in [2.45, 2.75) is 102 Å². The lowest BCUT2D eigenvalue weighted by atomic mass is 9.99. The number of esters is 1. The molecule has 0 amide bonds. The first-order valence-electron chi connectivity index (χ1n) is 9.89. The van der Waals surface area contributed by atoms with E-state index in [0.29, 0.717) is 6.42 Å². The highest BCUT2D eigenvalue weighted by Gasteiger charge is 2.44. The third-order valence-corrected chi connectivity index (χ3v) is 4.79. The van der Waals surface area contributed by atoms with Gasteiger partial charge in [0.15, 0.2) is 6.29 Å². The number of carbonyl (C=O) groups excluding carboxylic acids is 1. The summed E-state index contributed by atoms with van der Waals surface area (Å²) in [6, 6.07) is 0. The van der Waals surface area contributed by atoms with Gasteiger partial charge in [0.25, 0.3) is 0 Å². The molecule has 0 spiro atoms. The van der Waals surface area contributed by atoms with Crippen molar-refractivity contribution in [3.8, 4) is 0 Å². The summed E-state index contributed by atoms with van der Waals surface area (Å²) in [7, 11) is 1.32. The van der Waals surface area contributed by atoms with Gasteiger partial charge in [-0.05, 0) is 6.42 Å². The minimum atomic E-state index is -1.41. The average molecular weight is 376 g/mol. The fourth-order valence-corrected chi connectivity index (χ4v) is 3.08. The van der Waals surface area contributed by atoms with Gasteiger partial charge >= 0.3 is 5.97 Å². The van der Waals surface area contributed by atoms with E-state index in [9.17, 15) is 20.1 Å². The molecular weight excluding hydrogens is 340 g/mol. The van der Waals surface area contributed by atoms with Gasteiger partial charge in [0.2, 0.25) is 0 Å². The number of unbranched alkanes of at least 4 members (excludes halogenated alkanes) is 8. The summed E-state index contributed by atoms with van der Waals surface area (Å²) in [4.78, 5) is 11.8. The molecule has 0 aromatic rings. The van der Waals surface area contributed by atoms with E-state index < -0.39 is 30.7 Å². The second-order valence-electron chi connectivity index (χ2n) is 7.01. The Bertz CT molecular complexity index is 375. The molecule has 0 radical (unpaired) electrons. The van der Waals surface area contributed by atoms with Gasteiger partial charge in [0.1, 0.15) is 31.0 Å². The molecule has 1 heterocycles. The molecule has 1 saturated heterocycles. The third-order valence-electron chi connectivity index (χ3n) is 4.79. The van der Waals surface area contributed by atoms with Crippen LogP contribution in [-0.2, 0) is 19.0 Å². The Balaban J connectivity index is 2.10. The Morgan fingerprint density at radius 1 is 0.885 bits per heavy atom. The number of hydrogen-bond acceptors (Lipinski definition) is 7. The molecule has 0 bridgehead atoms. The number of hydrogen-bond donors (Lipinski definition) is 3. The van der Waals surface area contributed by atoms with Crippen LogP contribution in [0.5, 0.6) is 0 Å². The topological polar surface area (TPSA) is 105 Å². The maximum absolute atomic E-state index is 11.8. The van der Waals surface area contributed by atoms with Gasteiger partial charge in [-0.1, -0.05) is 58.3 Å².